The molecule has 0 aliphatic rings. The molecule has 0 spiro atoms. The van der Waals surface area contributed by atoms with E-state index in [9.17, 15) is 4.79 Å². The monoisotopic (exact) mass is 406 g/mol. The average Bonchev–Trinajstić information content (AvgIpc) is 3.33. The van der Waals surface area contributed by atoms with Crippen LogP contribution < -0.4 is 9.64 Å². The van der Waals surface area contributed by atoms with E-state index >= 15 is 0 Å². The normalized spacial score (nSPS) is 11.0. The SMILES string of the molecule is COc1ccc(N(Cc2cccs2)C(=O)c2cc(C)nc3c2c(C)nn3C)cc1. The maximum Gasteiger partial charge on any atom is 0.259 e. The first-order valence-electron chi connectivity index (χ1n) is 9.27. The highest BCUT2D eigenvalue weighted by atomic mass is 32.1. The highest BCUT2D eigenvalue weighted by Crippen LogP contribution is 2.28. The van der Waals surface area contributed by atoms with Gasteiger partial charge in [-0.3, -0.25) is 9.48 Å². The number of fused-ring (bicyclic) bond motifs is 1. The number of methoxy groups -OCH3 is 1. The van der Waals surface area contributed by atoms with Gasteiger partial charge in [0, 0.05) is 23.3 Å². The molecule has 0 saturated carbocycles. The number of anilines is 1. The van der Waals surface area contributed by atoms with Gasteiger partial charge >= 0.3 is 0 Å². The van der Waals surface area contributed by atoms with Gasteiger partial charge in [0.1, 0.15) is 5.75 Å². The van der Waals surface area contributed by atoms with Gasteiger partial charge in [-0.1, -0.05) is 6.07 Å². The fourth-order valence-corrected chi connectivity index (χ4v) is 4.18. The third-order valence-electron chi connectivity index (χ3n) is 4.85. The highest BCUT2D eigenvalue weighted by molar-refractivity contribution is 7.09. The Balaban J connectivity index is 1.84. The number of carbonyl (C=O) groups excluding carboxylic acids is 1. The number of hydrogen-bond donors (Lipinski definition) is 0. The Morgan fingerprint density at radius 2 is 1.97 bits per heavy atom. The molecule has 0 aliphatic heterocycles. The van der Waals surface area contributed by atoms with Crippen LogP contribution in [0.15, 0.2) is 47.8 Å². The number of nitrogens with zero attached hydrogens (tertiary/aromatic N) is 4. The lowest BCUT2D eigenvalue weighted by molar-refractivity contribution is 0.0986. The van der Waals surface area contributed by atoms with Crippen LogP contribution in [0.25, 0.3) is 11.0 Å². The molecule has 0 unspecified atom stereocenters. The van der Waals surface area contributed by atoms with E-state index in [4.69, 9.17) is 4.74 Å². The molecular weight excluding hydrogens is 384 g/mol. The van der Waals surface area contributed by atoms with Crippen molar-refractivity contribution in [3.63, 3.8) is 0 Å². The molecule has 0 saturated heterocycles. The second-order valence-corrected chi connectivity index (χ2v) is 7.92. The number of aryl methyl sites for hydroxylation is 3. The molecule has 0 radical (unpaired) electrons. The van der Waals surface area contributed by atoms with E-state index < -0.39 is 0 Å². The first-order valence-corrected chi connectivity index (χ1v) is 10.1. The van der Waals surface area contributed by atoms with Gasteiger partial charge in [-0.25, -0.2) is 4.98 Å². The van der Waals surface area contributed by atoms with Crippen molar-refractivity contribution in [3.8, 4) is 5.75 Å². The van der Waals surface area contributed by atoms with Crippen LogP contribution in [-0.4, -0.2) is 27.8 Å². The molecule has 29 heavy (non-hydrogen) atoms. The number of benzene rings is 1. The Hall–Kier alpha value is -3.19. The van der Waals surface area contributed by atoms with Crippen molar-refractivity contribution < 1.29 is 9.53 Å². The minimum absolute atomic E-state index is 0.0739. The second kappa shape index (κ2) is 7.67. The van der Waals surface area contributed by atoms with Crippen molar-refractivity contribution in [1.29, 1.82) is 0 Å². The van der Waals surface area contributed by atoms with Crippen LogP contribution in [0.2, 0.25) is 0 Å². The third-order valence-corrected chi connectivity index (χ3v) is 5.71. The van der Waals surface area contributed by atoms with E-state index in [-0.39, 0.29) is 5.91 Å². The summed E-state index contributed by atoms with van der Waals surface area (Å²) in [5, 5.41) is 7.29. The van der Waals surface area contributed by atoms with Crippen LogP contribution in [0.4, 0.5) is 5.69 Å². The number of ether oxygens (including phenoxy) is 1. The lowest BCUT2D eigenvalue weighted by Crippen LogP contribution is -2.30. The first kappa shape index (κ1) is 19.1. The highest BCUT2D eigenvalue weighted by Gasteiger charge is 2.24. The van der Waals surface area contributed by atoms with Gasteiger partial charge in [-0.05, 0) is 55.6 Å². The standard InChI is InChI=1S/C22H22N4O2S/c1-14-12-19(20-15(2)24-25(3)21(20)23-14)22(27)26(13-18-6-5-11-29-18)16-7-9-17(28-4)10-8-16/h5-12H,13H2,1-4H3. The van der Waals surface area contributed by atoms with Crippen LogP contribution in [0.1, 0.15) is 26.6 Å². The molecule has 0 N–H and O–H groups in total. The summed E-state index contributed by atoms with van der Waals surface area (Å²) in [6.07, 6.45) is 0. The summed E-state index contributed by atoms with van der Waals surface area (Å²) >= 11 is 1.63. The molecule has 0 aliphatic carbocycles. The average molecular weight is 407 g/mol. The Kier molecular flexibility index (Phi) is 5.07. The van der Waals surface area contributed by atoms with Crippen LogP contribution >= 0.6 is 11.3 Å². The van der Waals surface area contributed by atoms with Crippen molar-refractivity contribution in [2.24, 2.45) is 7.05 Å². The van der Waals surface area contributed by atoms with E-state index in [0.717, 1.165) is 38.7 Å². The summed E-state index contributed by atoms with van der Waals surface area (Å²) < 4.78 is 7.00. The number of amides is 1. The topological polar surface area (TPSA) is 60.2 Å². The molecule has 6 nitrogen and oxygen atoms in total. The molecule has 4 aromatic rings. The summed E-state index contributed by atoms with van der Waals surface area (Å²) in [5.74, 6) is 0.678. The Bertz CT molecular complexity index is 1160. The number of aromatic nitrogens is 3. The maximum atomic E-state index is 13.8. The van der Waals surface area contributed by atoms with Crippen molar-refractivity contribution >= 4 is 34.0 Å². The Labute approximate surface area is 173 Å². The largest absolute Gasteiger partial charge is 0.497 e. The van der Waals surface area contributed by atoms with Gasteiger partial charge in [0.15, 0.2) is 5.65 Å². The van der Waals surface area contributed by atoms with Crippen LogP contribution in [0, 0.1) is 13.8 Å². The van der Waals surface area contributed by atoms with Gasteiger partial charge in [0.05, 0.1) is 30.3 Å². The number of thiophene rings is 1. The van der Waals surface area contributed by atoms with E-state index in [0.29, 0.717) is 12.1 Å². The first-order chi connectivity index (χ1) is 14.0. The number of pyridine rings is 1. The number of rotatable bonds is 5. The van der Waals surface area contributed by atoms with Gasteiger partial charge in [-0.15, -0.1) is 11.3 Å². The fraction of sp³-hybridized carbons (Fsp3) is 0.227. The molecule has 1 amide bonds. The maximum absolute atomic E-state index is 13.8. The molecular formula is C22H22N4O2S. The van der Waals surface area contributed by atoms with Crippen molar-refractivity contribution in [2.45, 2.75) is 20.4 Å². The van der Waals surface area contributed by atoms with Crippen LogP contribution in [-0.2, 0) is 13.6 Å². The van der Waals surface area contributed by atoms with Crippen molar-refractivity contribution in [2.75, 3.05) is 12.0 Å². The van der Waals surface area contributed by atoms with Gasteiger partial charge < -0.3 is 9.64 Å². The molecule has 0 atom stereocenters. The molecule has 7 heteroatoms. The van der Waals surface area contributed by atoms with Gasteiger partial charge in [-0.2, -0.15) is 5.10 Å². The van der Waals surface area contributed by atoms with E-state index in [1.165, 1.54) is 0 Å². The Morgan fingerprint density at radius 1 is 1.21 bits per heavy atom. The van der Waals surface area contributed by atoms with Crippen LogP contribution in [0.5, 0.6) is 5.75 Å². The Morgan fingerprint density at radius 3 is 2.62 bits per heavy atom. The van der Waals surface area contributed by atoms with E-state index in [2.05, 4.69) is 10.1 Å². The summed E-state index contributed by atoms with van der Waals surface area (Å²) in [6, 6.07) is 13.4. The summed E-state index contributed by atoms with van der Waals surface area (Å²) in [4.78, 5) is 21.3. The molecule has 3 heterocycles. The van der Waals surface area contributed by atoms with Crippen molar-refractivity contribution in [1.82, 2.24) is 14.8 Å². The van der Waals surface area contributed by atoms with E-state index in [1.54, 1.807) is 28.0 Å². The zero-order chi connectivity index (χ0) is 20.5. The zero-order valence-electron chi connectivity index (χ0n) is 16.8. The fourth-order valence-electron chi connectivity index (χ4n) is 3.48. The molecule has 0 bridgehead atoms. The van der Waals surface area contributed by atoms with E-state index in [1.807, 2.05) is 68.7 Å². The third kappa shape index (κ3) is 3.61. The molecule has 3 aromatic heterocycles. The lowest BCUT2D eigenvalue weighted by atomic mass is 10.1. The zero-order valence-corrected chi connectivity index (χ0v) is 17.7. The molecule has 1 aromatic carbocycles. The summed E-state index contributed by atoms with van der Waals surface area (Å²) in [6.45, 7) is 4.30. The number of hydrogen-bond acceptors (Lipinski definition) is 5. The predicted molar refractivity (Wildman–Crippen MR) is 116 cm³/mol. The molecule has 0 fully saturated rings. The smallest absolute Gasteiger partial charge is 0.259 e. The minimum atomic E-state index is -0.0739. The quantitative estimate of drug-likeness (QED) is 0.490. The number of carbonyl (C=O) groups is 1. The summed E-state index contributed by atoms with van der Waals surface area (Å²) in [7, 11) is 3.48. The summed E-state index contributed by atoms with van der Waals surface area (Å²) in [5.41, 5.74) is 3.73. The molecule has 148 valence electrons. The van der Waals surface area contributed by atoms with Crippen molar-refractivity contribution in [3.05, 3.63) is 69.7 Å². The predicted octanol–water partition coefficient (Wildman–Crippen LogP) is 4.50. The van der Waals surface area contributed by atoms with Crippen LogP contribution in [0.3, 0.4) is 0 Å². The minimum Gasteiger partial charge on any atom is -0.497 e. The second-order valence-electron chi connectivity index (χ2n) is 6.89. The molecule has 4 rings (SSSR count). The van der Waals surface area contributed by atoms with Gasteiger partial charge in [0.25, 0.3) is 5.91 Å². The van der Waals surface area contributed by atoms with Gasteiger partial charge in [0.2, 0.25) is 0 Å². The lowest BCUT2D eigenvalue weighted by Gasteiger charge is -2.23.